The van der Waals surface area contributed by atoms with Gasteiger partial charge in [-0.2, -0.15) is 0 Å². The van der Waals surface area contributed by atoms with Crippen LogP contribution in [0.5, 0.6) is 0 Å². The number of nitrogens with zero attached hydrogens (tertiary/aromatic N) is 1. The molecule has 1 aromatic heterocycles. The van der Waals surface area contributed by atoms with Crippen molar-refractivity contribution in [1.29, 1.82) is 0 Å². The number of ether oxygens (including phenoxy) is 1. The average Bonchev–Trinajstić information content (AvgIpc) is 2.30. The summed E-state index contributed by atoms with van der Waals surface area (Å²) in [6.45, 7) is 0.534. The summed E-state index contributed by atoms with van der Waals surface area (Å²) in [6, 6.07) is 3.90. The third-order valence-corrected chi connectivity index (χ3v) is 3.21. The number of Topliss-reactive ketones (excluding diaryl/α,β-unsaturated/α-hetero) is 1. The molecular formula is C12H14BrNO2. The highest BCUT2D eigenvalue weighted by Crippen LogP contribution is 2.19. The van der Waals surface area contributed by atoms with Crippen LogP contribution in [-0.4, -0.2) is 16.9 Å². The van der Waals surface area contributed by atoms with Crippen molar-refractivity contribution in [1.82, 2.24) is 4.98 Å². The van der Waals surface area contributed by atoms with Crippen molar-refractivity contribution in [2.75, 3.05) is 0 Å². The Labute approximate surface area is 103 Å². The lowest BCUT2D eigenvalue weighted by molar-refractivity contribution is -0.123. The van der Waals surface area contributed by atoms with Crippen molar-refractivity contribution < 1.29 is 9.53 Å². The average molecular weight is 284 g/mol. The number of carbonyl (C=O) groups is 1. The number of aromatic nitrogens is 1. The van der Waals surface area contributed by atoms with Gasteiger partial charge in [-0.3, -0.25) is 9.78 Å². The van der Waals surface area contributed by atoms with E-state index in [-0.39, 0.29) is 6.10 Å². The fraction of sp³-hybridized carbons (Fsp3) is 0.500. The topological polar surface area (TPSA) is 39.2 Å². The molecule has 0 unspecified atom stereocenters. The number of hydrogen-bond donors (Lipinski definition) is 0. The molecule has 0 spiro atoms. The first-order valence-electron chi connectivity index (χ1n) is 5.48. The Morgan fingerprint density at radius 3 is 2.75 bits per heavy atom. The van der Waals surface area contributed by atoms with Gasteiger partial charge in [0, 0.05) is 23.5 Å². The highest BCUT2D eigenvalue weighted by molar-refractivity contribution is 9.10. The molecule has 0 bridgehead atoms. The van der Waals surface area contributed by atoms with Gasteiger partial charge in [-0.1, -0.05) is 0 Å². The molecule has 0 aliphatic heterocycles. The Balaban J connectivity index is 1.79. The van der Waals surface area contributed by atoms with E-state index in [2.05, 4.69) is 20.9 Å². The zero-order valence-electron chi connectivity index (χ0n) is 8.99. The first-order valence-corrected chi connectivity index (χ1v) is 6.27. The van der Waals surface area contributed by atoms with Crippen LogP contribution in [0, 0.1) is 0 Å². The Kier molecular flexibility index (Phi) is 4.07. The maximum atomic E-state index is 11.0. The molecule has 4 heteroatoms. The van der Waals surface area contributed by atoms with Gasteiger partial charge in [0.1, 0.15) is 5.78 Å². The van der Waals surface area contributed by atoms with Gasteiger partial charge in [-0.25, -0.2) is 0 Å². The number of carbonyl (C=O) groups excluding carboxylic acids is 1. The molecule has 2 rings (SSSR count). The molecule has 1 aromatic rings. The van der Waals surface area contributed by atoms with E-state index in [1.807, 2.05) is 12.1 Å². The SMILES string of the molecule is O=C1CCC(OCc2ccc(Br)cn2)CC1. The lowest BCUT2D eigenvalue weighted by Crippen LogP contribution is -2.21. The zero-order chi connectivity index (χ0) is 11.4. The monoisotopic (exact) mass is 283 g/mol. The van der Waals surface area contributed by atoms with Gasteiger partial charge in [-0.15, -0.1) is 0 Å². The van der Waals surface area contributed by atoms with Gasteiger partial charge < -0.3 is 4.74 Å². The van der Waals surface area contributed by atoms with Gasteiger partial charge in [-0.05, 0) is 40.9 Å². The molecule has 0 radical (unpaired) electrons. The second-order valence-electron chi connectivity index (χ2n) is 4.02. The van der Waals surface area contributed by atoms with Crippen LogP contribution in [0.4, 0.5) is 0 Å². The van der Waals surface area contributed by atoms with Gasteiger partial charge >= 0.3 is 0 Å². The molecule has 0 amide bonds. The molecule has 0 atom stereocenters. The standard InChI is InChI=1S/C12H14BrNO2/c13-9-1-2-10(14-7-9)8-16-12-5-3-11(15)4-6-12/h1-2,7,12H,3-6,8H2. The largest absolute Gasteiger partial charge is 0.372 e. The highest BCUT2D eigenvalue weighted by Gasteiger charge is 2.18. The van der Waals surface area contributed by atoms with E-state index in [0.29, 0.717) is 25.2 Å². The van der Waals surface area contributed by atoms with Crippen molar-refractivity contribution >= 4 is 21.7 Å². The summed E-state index contributed by atoms with van der Waals surface area (Å²) < 4.78 is 6.70. The van der Waals surface area contributed by atoms with E-state index in [1.165, 1.54) is 0 Å². The summed E-state index contributed by atoms with van der Waals surface area (Å²) in [5.74, 6) is 0.363. The predicted octanol–water partition coefficient (Wildman–Crippen LogP) is 2.87. The Morgan fingerprint density at radius 2 is 2.12 bits per heavy atom. The fourth-order valence-corrected chi connectivity index (χ4v) is 2.01. The second-order valence-corrected chi connectivity index (χ2v) is 4.93. The molecule has 0 saturated heterocycles. The molecule has 0 N–H and O–H groups in total. The van der Waals surface area contributed by atoms with E-state index in [1.54, 1.807) is 6.20 Å². The van der Waals surface area contributed by atoms with Crippen LogP contribution in [0.3, 0.4) is 0 Å². The maximum Gasteiger partial charge on any atom is 0.133 e. The molecule has 1 aliphatic rings. The summed E-state index contributed by atoms with van der Waals surface area (Å²) in [5.41, 5.74) is 0.931. The fourth-order valence-electron chi connectivity index (χ4n) is 1.78. The number of halogens is 1. The Morgan fingerprint density at radius 1 is 1.38 bits per heavy atom. The molecule has 16 heavy (non-hydrogen) atoms. The summed E-state index contributed by atoms with van der Waals surface area (Å²) in [4.78, 5) is 15.3. The first kappa shape index (κ1) is 11.7. The third-order valence-electron chi connectivity index (χ3n) is 2.75. The quantitative estimate of drug-likeness (QED) is 0.856. The van der Waals surface area contributed by atoms with Gasteiger partial charge in [0.15, 0.2) is 0 Å². The Hall–Kier alpha value is -0.740. The number of rotatable bonds is 3. The van der Waals surface area contributed by atoms with E-state index >= 15 is 0 Å². The molecule has 1 fully saturated rings. The molecule has 1 heterocycles. The minimum absolute atomic E-state index is 0.225. The van der Waals surface area contributed by atoms with Crippen LogP contribution in [0.1, 0.15) is 31.4 Å². The number of hydrogen-bond acceptors (Lipinski definition) is 3. The lowest BCUT2D eigenvalue weighted by atomic mass is 9.96. The summed E-state index contributed by atoms with van der Waals surface area (Å²) in [6.07, 6.45) is 5.04. The maximum absolute atomic E-state index is 11.0. The van der Waals surface area contributed by atoms with E-state index < -0.39 is 0 Å². The van der Waals surface area contributed by atoms with Crippen molar-refractivity contribution in [2.45, 2.75) is 38.4 Å². The molecule has 86 valence electrons. The van der Waals surface area contributed by atoms with Gasteiger partial charge in [0.25, 0.3) is 0 Å². The first-order chi connectivity index (χ1) is 7.74. The summed E-state index contributed by atoms with van der Waals surface area (Å²) in [5, 5.41) is 0. The Bertz CT molecular complexity index is 354. The normalized spacial score (nSPS) is 17.7. The van der Waals surface area contributed by atoms with Gasteiger partial charge in [0.05, 0.1) is 18.4 Å². The van der Waals surface area contributed by atoms with Crippen LogP contribution in [0.25, 0.3) is 0 Å². The minimum Gasteiger partial charge on any atom is -0.372 e. The van der Waals surface area contributed by atoms with Crippen LogP contribution < -0.4 is 0 Å². The number of pyridine rings is 1. The van der Waals surface area contributed by atoms with E-state index in [4.69, 9.17) is 4.74 Å². The highest BCUT2D eigenvalue weighted by atomic mass is 79.9. The van der Waals surface area contributed by atoms with Crippen molar-refractivity contribution in [3.63, 3.8) is 0 Å². The van der Waals surface area contributed by atoms with Crippen molar-refractivity contribution in [3.05, 3.63) is 28.5 Å². The lowest BCUT2D eigenvalue weighted by Gasteiger charge is -2.21. The van der Waals surface area contributed by atoms with Crippen LogP contribution in [0.15, 0.2) is 22.8 Å². The molecule has 1 saturated carbocycles. The predicted molar refractivity (Wildman–Crippen MR) is 64.0 cm³/mol. The molecule has 1 aliphatic carbocycles. The minimum atomic E-state index is 0.225. The number of ketones is 1. The zero-order valence-corrected chi connectivity index (χ0v) is 10.6. The summed E-state index contributed by atoms with van der Waals surface area (Å²) >= 11 is 3.34. The second kappa shape index (κ2) is 5.55. The van der Waals surface area contributed by atoms with E-state index in [9.17, 15) is 4.79 Å². The third kappa shape index (κ3) is 3.39. The smallest absolute Gasteiger partial charge is 0.133 e. The van der Waals surface area contributed by atoms with Crippen molar-refractivity contribution in [3.8, 4) is 0 Å². The molecular weight excluding hydrogens is 270 g/mol. The molecule has 0 aromatic carbocycles. The van der Waals surface area contributed by atoms with Gasteiger partial charge in [0.2, 0.25) is 0 Å². The molecule has 3 nitrogen and oxygen atoms in total. The summed E-state index contributed by atoms with van der Waals surface area (Å²) in [7, 11) is 0. The van der Waals surface area contributed by atoms with E-state index in [0.717, 1.165) is 23.0 Å². The van der Waals surface area contributed by atoms with Crippen LogP contribution in [0.2, 0.25) is 0 Å². The van der Waals surface area contributed by atoms with Crippen LogP contribution >= 0.6 is 15.9 Å². The van der Waals surface area contributed by atoms with Crippen molar-refractivity contribution in [2.24, 2.45) is 0 Å². The van der Waals surface area contributed by atoms with Crippen LogP contribution in [-0.2, 0) is 16.1 Å².